The summed E-state index contributed by atoms with van der Waals surface area (Å²) in [6, 6.07) is 10.5. The largest absolute Gasteiger partial charge is 0.497 e. The van der Waals surface area contributed by atoms with Gasteiger partial charge in [-0.15, -0.1) is 11.3 Å². The summed E-state index contributed by atoms with van der Waals surface area (Å²) in [5.41, 5.74) is 0.940. The van der Waals surface area contributed by atoms with Crippen LogP contribution in [0.4, 0.5) is 0 Å². The molecule has 1 atom stereocenters. The van der Waals surface area contributed by atoms with Crippen LogP contribution in [0, 0.1) is 5.92 Å². The molecule has 0 aliphatic rings. The van der Waals surface area contributed by atoms with Crippen molar-refractivity contribution in [2.45, 2.75) is 26.4 Å². The molecule has 0 fully saturated rings. The molecule has 6 heteroatoms. The molecule has 0 aliphatic heterocycles. The Kier molecular flexibility index (Phi) is 6.37. The van der Waals surface area contributed by atoms with Crippen LogP contribution in [0.25, 0.3) is 0 Å². The van der Waals surface area contributed by atoms with Crippen molar-refractivity contribution in [2.75, 3.05) is 7.11 Å². The Balaban J connectivity index is 1.97. The van der Waals surface area contributed by atoms with E-state index < -0.39 is 6.04 Å². The van der Waals surface area contributed by atoms with Gasteiger partial charge in [-0.3, -0.25) is 9.59 Å². The lowest BCUT2D eigenvalue weighted by molar-refractivity contribution is -0.124. The lowest BCUT2D eigenvalue weighted by Gasteiger charge is -2.21. The number of nitrogens with one attached hydrogen (secondary N) is 2. The smallest absolute Gasteiger partial charge is 0.262 e. The summed E-state index contributed by atoms with van der Waals surface area (Å²) in [5, 5.41) is 7.52. The summed E-state index contributed by atoms with van der Waals surface area (Å²) in [6.45, 7) is 4.20. The van der Waals surface area contributed by atoms with Crippen molar-refractivity contribution in [2.24, 2.45) is 5.92 Å². The van der Waals surface area contributed by atoms with Crippen molar-refractivity contribution in [3.8, 4) is 5.75 Å². The maximum Gasteiger partial charge on any atom is 0.262 e. The van der Waals surface area contributed by atoms with Gasteiger partial charge >= 0.3 is 0 Å². The van der Waals surface area contributed by atoms with Crippen LogP contribution >= 0.6 is 11.3 Å². The molecule has 0 bridgehead atoms. The second-order valence-electron chi connectivity index (χ2n) is 5.74. The molecule has 2 amide bonds. The van der Waals surface area contributed by atoms with Crippen molar-refractivity contribution < 1.29 is 14.3 Å². The summed E-state index contributed by atoms with van der Waals surface area (Å²) in [6.07, 6.45) is 0. The predicted molar refractivity (Wildman–Crippen MR) is 95.3 cm³/mol. The quantitative estimate of drug-likeness (QED) is 0.810. The molecule has 0 saturated carbocycles. The minimum atomic E-state index is -0.579. The average molecular weight is 346 g/mol. The van der Waals surface area contributed by atoms with E-state index in [1.165, 1.54) is 11.3 Å². The van der Waals surface area contributed by atoms with Crippen LogP contribution < -0.4 is 15.4 Å². The number of rotatable bonds is 7. The fourth-order valence-electron chi connectivity index (χ4n) is 2.24. The maximum atomic E-state index is 12.5. The number of hydrogen-bond acceptors (Lipinski definition) is 4. The van der Waals surface area contributed by atoms with E-state index in [-0.39, 0.29) is 17.7 Å². The van der Waals surface area contributed by atoms with Crippen LogP contribution in [0.2, 0.25) is 0 Å². The van der Waals surface area contributed by atoms with Crippen molar-refractivity contribution in [3.63, 3.8) is 0 Å². The van der Waals surface area contributed by atoms with Crippen molar-refractivity contribution in [3.05, 3.63) is 52.2 Å². The average Bonchev–Trinajstić information content (AvgIpc) is 3.12. The molecule has 5 nitrogen and oxygen atoms in total. The van der Waals surface area contributed by atoms with E-state index in [1.54, 1.807) is 13.2 Å². The van der Waals surface area contributed by atoms with Crippen LogP contribution in [0.3, 0.4) is 0 Å². The Morgan fingerprint density at radius 1 is 1.21 bits per heavy atom. The molecule has 2 rings (SSSR count). The molecule has 1 unspecified atom stereocenters. The zero-order valence-electron chi connectivity index (χ0n) is 14.0. The number of amides is 2. The van der Waals surface area contributed by atoms with E-state index in [0.717, 1.165) is 11.3 Å². The highest BCUT2D eigenvalue weighted by molar-refractivity contribution is 7.12. The van der Waals surface area contributed by atoms with Gasteiger partial charge in [0.25, 0.3) is 5.91 Å². The molecule has 128 valence electrons. The second-order valence-corrected chi connectivity index (χ2v) is 6.69. The summed E-state index contributed by atoms with van der Waals surface area (Å²) < 4.78 is 5.17. The molecular formula is C18H22N2O3S. The number of benzene rings is 1. The predicted octanol–water partition coefficient (Wildman–Crippen LogP) is 2.83. The van der Waals surface area contributed by atoms with Gasteiger partial charge in [0, 0.05) is 6.54 Å². The number of methoxy groups -OCH3 is 1. The third kappa shape index (κ3) is 4.83. The minimum absolute atomic E-state index is 0.0146. The van der Waals surface area contributed by atoms with Crippen molar-refractivity contribution >= 4 is 23.2 Å². The summed E-state index contributed by atoms with van der Waals surface area (Å²) in [7, 11) is 1.60. The fraction of sp³-hybridized carbons (Fsp3) is 0.333. The normalized spacial score (nSPS) is 11.8. The van der Waals surface area contributed by atoms with Crippen LogP contribution in [-0.4, -0.2) is 25.0 Å². The van der Waals surface area contributed by atoms with E-state index >= 15 is 0 Å². The van der Waals surface area contributed by atoms with Gasteiger partial charge in [0.05, 0.1) is 12.0 Å². The first-order valence-electron chi connectivity index (χ1n) is 7.76. The first kappa shape index (κ1) is 18.0. The Bertz CT molecular complexity index is 683. The summed E-state index contributed by atoms with van der Waals surface area (Å²) >= 11 is 1.35. The fourth-order valence-corrected chi connectivity index (χ4v) is 2.86. The second kappa shape index (κ2) is 8.49. The van der Waals surface area contributed by atoms with Crippen molar-refractivity contribution in [1.82, 2.24) is 10.6 Å². The molecule has 2 N–H and O–H groups in total. The van der Waals surface area contributed by atoms with E-state index in [9.17, 15) is 9.59 Å². The number of hydrogen-bond donors (Lipinski definition) is 2. The first-order valence-corrected chi connectivity index (χ1v) is 8.64. The molecule has 1 heterocycles. The van der Waals surface area contributed by atoms with Crippen molar-refractivity contribution in [1.29, 1.82) is 0 Å². The monoisotopic (exact) mass is 346 g/mol. The van der Waals surface area contributed by atoms with Crippen LogP contribution in [0.15, 0.2) is 41.8 Å². The maximum absolute atomic E-state index is 12.5. The lowest BCUT2D eigenvalue weighted by Crippen LogP contribution is -2.49. The molecule has 0 spiro atoms. The lowest BCUT2D eigenvalue weighted by atomic mass is 10.0. The highest BCUT2D eigenvalue weighted by atomic mass is 32.1. The topological polar surface area (TPSA) is 67.4 Å². The van der Waals surface area contributed by atoms with E-state index in [2.05, 4.69) is 10.6 Å². The van der Waals surface area contributed by atoms with E-state index in [0.29, 0.717) is 11.4 Å². The zero-order valence-corrected chi connectivity index (χ0v) is 14.9. The zero-order chi connectivity index (χ0) is 17.5. The van der Waals surface area contributed by atoms with Gasteiger partial charge in [-0.1, -0.05) is 32.0 Å². The van der Waals surface area contributed by atoms with Gasteiger partial charge in [0.2, 0.25) is 5.91 Å². The molecule has 2 aromatic rings. The number of thiophene rings is 1. The highest BCUT2D eigenvalue weighted by Gasteiger charge is 2.24. The van der Waals surface area contributed by atoms with Crippen LogP contribution in [0.5, 0.6) is 5.75 Å². The van der Waals surface area contributed by atoms with Gasteiger partial charge in [0.15, 0.2) is 0 Å². The minimum Gasteiger partial charge on any atom is -0.497 e. The molecule has 0 radical (unpaired) electrons. The van der Waals surface area contributed by atoms with Gasteiger partial charge in [-0.25, -0.2) is 0 Å². The Morgan fingerprint density at radius 2 is 2.00 bits per heavy atom. The number of carbonyl (C=O) groups is 2. The molecule has 24 heavy (non-hydrogen) atoms. The molecule has 0 aliphatic carbocycles. The van der Waals surface area contributed by atoms with Gasteiger partial charge in [0.1, 0.15) is 11.8 Å². The molecular weight excluding hydrogens is 324 g/mol. The third-order valence-electron chi connectivity index (χ3n) is 3.58. The molecule has 0 saturated heterocycles. The third-order valence-corrected chi connectivity index (χ3v) is 4.45. The number of carbonyl (C=O) groups excluding carboxylic acids is 2. The van der Waals surface area contributed by atoms with E-state index in [4.69, 9.17) is 4.74 Å². The number of ether oxygens (including phenoxy) is 1. The van der Waals surface area contributed by atoms with Gasteiger partial charge < -0.3 is 15.4 Å². The Labute approximate surface area is 146 Å². The standard InChI is InChI=1S/C18H22N2O3S/c1-12(2)16(20-17(21)15-8-5-9-24-15)18(22)19-11-13-6-4-7-14(10-13)23-3/h4-10,12,16H,11H2,1-3H3,(H,19,22)(H,20,21). The SMILES string of the molecule is COc1cccc(CNC(=O)C(NC(=O)c2cccs2)C(C)C)c1. The van der Waals surface area contributed by atoms with Gasteiger partial charge in [-0.2, -0.15) is 0 Å². The first-order chi connectivity index (χ1) is 11.5. The van der Waals surface area contributed by atoms with Gasteiger partial charge in [-0.05, 0) is 35.1 Å². The highest BCUT2D eigenvalue weighted by Crippen LogP contribution is 2.13. The molecule has 1 aromatic heterocycles. The van der Waals surface area contributed by atoms with Crippen LogP contribution in [-0.2, 0) is 11.3 Å². The molecule has 1 aromatic carbocycles. The van der Waals surface area contributed by atoms with Crippen LogP contribution in [0.1, 0.15) is 29.1 Å². The Morgan fingerprint density at radius 3 is 2.62 bits per heavy atom. The van der Waals surface area contributed by atoms with E-state index in [1.807, 2.05) is 49.6 Å². The Hall–Kier alpha value is -2.34. The summed E-state index contributed by atoms with van der Waals surface area (Å²) in [4.78, 5) is 25.2. The summed E-state index contributed by atoms with van der Waals surface area (Å²) in [5.74, 6) is 0.310.